The molecule has 1 saturated carbocycles. The molecule has 0 aliphatic heterocycles. The van der Waals surface area contributed by atoms with Crippen molar-refractivity contribution in [2.75, 3.05) is 20.3 Å². The van der Waals surface area contributed by atoms with Gasteiger partial charge in [0, 0.05) is 19.6 Å². The molecule has 1 atom stereocenters. The highest BCUT2D eigenvalue weighted by Crippen LogP contribution is 2.44. The Labute approximate surface area is 198 Å². The lowest BCUT2D eigenvalue weighted by Crippen LogP contribution is -2.49. The molecule has 0 aromatic heterocycles. The highest BCUT2D eigenvalue weighted by Gasteiger charge is 2.37. The maximum Gasteiger partial charge on any atom is 0.407 e. The number of hydrogen-bond donors (Lipinski definition) is 3. The predicted octanol–water partition coefficient (Wildman–Crippen LogP) is 3.44. The second-order valence-corrected chi connectivity index (χ2v) is 8.90. The second kappa shape index (κ2) is 10.3. The van der Waals surface area contributed by atoms with E-state index < -0.39 is 30.4 Å². The number of methoxy groups -OCH3 is 1. The predicted molar refractivity (Wildman–Crippen MR) is 125 cm³/mol. The summed E-state index contributed by atoms with van der Waals surface area (Å²) in [5, 5.41) is 14.4. The number of fused-ring (bicyclic) bond motifs is 3. The van der Waals surface area contributed by atoms with Crippen LogP contribution in [0.3, 0.4) is 0 Å². The number of carboxylic acids is 1. The monoisotopic (exact) mass is 466 g/mol. The SMILES string of the molecule is COC1(CCNC(=O)C(CC(=O)O)NC(=O)OCC2c3ccccc3-c3ccccc32)CCC1. The summed E-state index contributed by atoms with van der Waals surface area (Å²) in [4.78, 5) is 36.4. The van der Waals surface area contributed by atoms with E-state index in [0.717, 1.165) is 41.5 Å². The summed E-state index contributed by atoms with van der Waals surface area (Å²) in [6.07, 6.45) is 2.25. The molecule has 2 aromatic rings. The van der Waals surface area contributed by atoms with Crippen LogP contribution in [0.15, 0.2) is 48.5 Å². The number of carboxylic acid groups (broad SMARTS) is 1. The number of nitrogens with one attached hydrogen (secondary N) is 2. The topological polar surface area (TPSA) is 114 Å². The van der Waals surface area contributed by atoms with Crippen molar-refractivity contribution in [1.82, 2.24) is 10.6 Å². The van der Waals surface area contributed by atoms with Crippen LogP contribution < -0.4 is 10.6 Å². The van der Waals surface area contributed by atoms with Gasteiger partial charge in [-0.3, -0.25) is 9.59 Å². The Morgan fingerprint density at radius 2 is 1.68 bits per heavy atom. The summed E-state index contributed by atoms with van der Waals surface area (Å²) in [6, 6.07) is 14.7. The Hall–Kier alpha value is -3.39. The van der Waals surface area contributed by atoms with E-state index in [1.165, 1.54) is 0 Å². The maximum absolute atomic E-state index is 12.6. The minimum absolute atomic E-state index is 0.0810. The van der Waals surface area contributed by atoms with Crippen molar-refractivity contribution in [2.45, 2.75) is 49.7 Å². The molecule has 2 aliphatic rings. The highest BCUT2D eigenvalue weighted by atomic mass is 16.5. The highest BCUT2D eigenvalue weighted by molar-refractivity contribution is 5.89. The Morgan fingerprint density at radius 3 is 2.21 bits per heavy atom. The van der Waals surface area contributed by atoms with Gasteiger partial charge >= 0.3 is 12.1 Å². The van der Waals surface area contributed by atoms with E-state index in [0.29, 0.717) is 13.0 Å². The molecule has 0 heterocycles. The minimum atomic E-state index is -1.23. The zero-order chi connectivity index (χ0) is 24.1. The molecular weight excluding hydrogens is 436 g/mol. The van der Waals surface area contributed by atoms with Gasteiger partial charge in [-0.15, -0.1) is 0 Å². The lowest BCUT2D eigenvalue weighted by Gasteiger charge is -2.40. The zero-order valence-electron chi connectivity index (χ0n) is 19.2. The smallest absolute Gasteiger partial charge is 0.407 e. The number of carbonyl (C=O) groups excluding carboxylic acids is 2. The second-order valence-electron chi connectivity index (χ2n) is 8.90. The number of alkyl carbamates (subject to hydrolysis) is 1. The van der Waals surface area contributed by atoms with E-state index in [4.69, 9.17) is 9.47 Å². The van der Waals surface area contributed by atoms with Gasteiger partial charge < -0.3 is 25.2 Å². The molecule has 34 heavy (non-hydrogen) atoms. The average molecular weight is 467 g/mol. The fraction of sp³-hybridized carbons (Fsp3) is 0.423. The zero-order valence-corrected chi connectivity index (χ0v) is 19.2. The van der Waals surface area contributed by atoms with Gasteiger partial charge in [0.25, 0.3) is 0 Å². The molecule has 0 radical (unpaired) electrons. The first-order valence-corrected chi connectivity index (χ1v) is 11.6. The summed E-state index contributed by atoms with van der Waals surface area (Å²) in [7, 11) is 1.66. The molecule has 4 rings (SSSR count). The van der Waals surface area contributed by atoms with Gasteiger partial charge in [0.15, 0.2) is 0 Å². The Kier molecular flexibility index (Phi) is 7.17. The first kappa shape index (κ1) is 23.8. The third-order valence-corrected chi connectivity index (χ3v) is 6.91. The van der Waals surface area contributed by atoms with Crippen LogP contribution in [0.2, 0.25) is 0 Å². The fourth-order valence-electron chi connectivity index (χ4n) is 4.83. The third-order valence-electron chi connectivity index (χ3n) is 6.91. The van der Waals surface area contributed by atoms with Crippen molar-refractivity contribution in [3.8, 4) is 11.1 Å². The number of benzene rings is 2. The van der Waals surface area contributed by atoms with Crippen molar-refractivity contribution in [1.29, 1.82) is 0 Å². The van der Waals surface area contributed by atoms with Gasteiger partial charge in [-0.25, -0.2) is 4.79 Å². The van der Waals surface area contributed by atoms with Crippen molar-refractivity contribution < 1.29 is 29.0 Å². The third kappa shape index (κ3) is 5.07. The van der Waals surface area contributed by atoms with Crippen LogP contribution in [0.25, 0.3) is 11.1 Å². The number of hydrogen-bond acceptors (Lipinski definition) is 5. The molecule has 0 bridgehead atoms. The van der Waals surface area contributed by atoms with Crippen LogP contribution in [-0.2, 0) is 19.1 Å². The van der Waals surface area contributed by atoms with E-state index in [2.05, 4.69) is 10.6 Å². The number of ether oxygens (including phenoxy) is 2. The molecule has 2 aliphatic carbocycles. The summed E-state index contributed by atoms with van der Waals surface area (Å²) in [5.41, 5.74) is 4.14. The van der Waals surface area contributed by atoms with Crippen LogP contribution >= 0.6 is 0 Å². The molecule has 2 amide bonds. The lowest BCUT2D eigenvalue weighted by molar-refractivity contribution is -0.140. The largest absolute Gasteiger partial charge is 0.481 e. The summed E-state index contributed by atoms with van der Waals surface area (Å²) >= 11 is 0. The number of rotatable bonds is 10. The van der Waals surface area contributed by atoms with Crippen molar-refractivity contribution in [3.05, 3.63) is 59.7 Å². The first-order valence-electron chi connectivity index (χ1n) is 11.6. The lowest BCUT2D eigenvalue weighted by atomic mass is 9.77. The fourth-order valence-corrected chi connectivity index (χ4v) is 4.83. The average Bonchev–Trinajstić information content (AvgIpc) is 3.12. The normalized spacial score (nSPS) is 16.5. The molecule has 8 nitrogen and oxygen atoms in total. The van der Waals surface area contributed by atoms with E-state index in [1.54, 1.807) is 7.11 Å². The van der Waals surface area contributed by atoms with E-state index in [9.17, 15) is 19.5 Å². The van der Waals surface area contributed by atoms with Crippen molar-refractivity contribution >= 4 is 18.0 Å². The summed E-state index contributed by atoms with van der Waals surface area (Å²) in [5.74, 6) is -1.87. The van der Waals surface area contributed by atoms with E-state index >= 15 is 0 Å². The molecule has 3 N–H and O–H groups in total. The molecule has 0 saturated heterocycles. The van der Waals surface area contributed by atoms with Gasteiger partial charge in [-0.05, 0) is 47.9 Å². The van der Waals surface area contributed by atoms with Crippen LogP contribution in [0, 0.1) is 0 Å². The van der Waals surface area contributed by atoms with E-state index in [1.807, 2.05) is 48.5 Å². The molecule has 8 heteroatoms. The Balaban J connectivity index is 1.34. The molecule has 180 valence electrons. The van der Waals surface area contributed by atoms with Crippen molar-refractivity contribution in [3.63, 3.8) is 0 Å². The number of aliphatic carboxylic acids is 1. The molecule has 2 aromatic carbocycles. The molecular formula is C26H30N2O6. The van der Waals surface area contributed by atoms with Gasteiger partial charge in [-0.1, -0.05) is 48.5 Å². The quantitative estimate of drug-likeness (QED) is 0.494. The maximum atomic E-state index is 12.6. The first-order chi connectivity index (χ1) is 16.4. The van der Waals surface area contributed by atoms with Gasteiger partial charge in [0.2, 0.25) is 5.91 Å². The molecule has 0 spiro atoms. The minimum Gasteiger partial charge on any atom is -0.481 e. The summed E-state index contributed by atoms with van der Waals surface area (Å²) in [6.45, 7) is 0.423. The van der Waals surface area contributed by atoms with Crippen molar-refractivity contribution in [2.24, 2.45) is 0 Å². The van der Waals surface area contributed by atoms with Crippen LogP contribution in [0.4, 0.5) is 4.79 Å². The van der Waals surface area contributed by atoms with E-state index in [-0.39, 0.29) is 18.1 Å². The van der Waals surface area contributed by atoms with Gasteiger partial charge in [0.05, 0.1) is 12.0 Å². The Bertz CT molecular complexity index is 1010. The molecule has 1 unspecified atom stereocenters. The van der Waals surface area contributed by atoms with Crippen LogP contribution in [0.1, 0.15) is 49.1 Å². The van der Waals surface area contributed by atoms with Crippen LogP contribution in [0.5, 0.6) is 0 Å². The number of carbonyl (C=O) groups is 3. The Morgan fingerprint density at radius 1 is 1.06 bits per heavy atom. The molecule has 1 fully saturated rings. The standard InChI is InChI=1S/C26H30N2O6/c1-33-26(11-6-12-26)13-14-27-24(31)22(15-23(29)30)28-25(32)34-16-21-19-9-4-2-7-17(19)18-8-3-5-10-20(18)21/h2-5,7-10,21-22H,6,11-16H2,1H3,(H,27,31)(H,28,32)(H,29,30). The summed E-state index contributed by atoms with van der Waals surface area (Å²) < 4.78 is 11.0. The van der Waals surface area contributed by atoms with Gasteiger partial charge in [0.1, 0.15) is 12.6 Å². The van der Waals surface area contributed by atoms with Gasteiger partial charge in [-0.2, -0.15) is 0 Å². The number of amides is 2. The van der Waals surface area contributed by atoms with Crippen LogP contribution in [-0.4, -0.2) is 55.0 Å².